The van der Waals surface area contributed by atoms with Crippen molar-refractivity contribution in [3.05, 3.63) is 0 Å². The lowest BCUT2D eigenvalue weighted by molar-refractivity contribution is 0.0823. The molecule has 1 rings (SSSR count). The van der Waals surface area contributed by atoms with Crippen LogP contribution in [0, 0.1) is 0 Å². The van der Waals surface area contributed by atoms with Crippen LogP contribution in [-0.2, 0) is 4.74 Å². The lowest BCUT2D eigenvalue weighted by Gasteiger charge is -2.20. The quantitative estimate of drug-likeness (QED) is 0.695. The van der Waals surface area contributed by atoms with Crippen molar-refractivity contribution >= 4 is 14.2 Å². The molecule has 0 unspecified atom stereocenters. The Kier molecular flexibility index (Phi) is 3.55. The van der Waals surface area contributed by atoms with E-state index in [0.29, 0.717) is 0 Å². The van der Waals surface area contributed by atoms with E-state index >= 15 is 0 Å². The summed E-state index contributed by atoms with van der Waals surface area (Å²) < 4.78 is 4.90. The van der Waals surface area contributed by atoms with Gasteiger partial charge in [-0.05, 0) is 6.42 Å². The number of hydrogen-bond donors (Lipinski definition) is 2. The largest absolute Gasteiger partial charge is 0.442 e. The minimum Gasteiger partial charge on any atom is -0.442 e. The number of alkyl carbamates (subject to hydrolysis) is 1. The van der Waals surface area contributed by atoms with Gasteiger partial charge in [0, 0.05) is 8.07 Å². The Labute approximate surface area is 85.7 Å². The molecule has 1 amide bonds. The third-order valence-corrected chi connectivity index (χ3v) is 4.18. The van der Waals surface area contributed by atoms with Crippen molar-refractivity contribution in [1.82, 2.24) is 5.32 Å². The monoisotopic (exact) mass is 217 g/mol. The molecule has 0 aromatic carbocycles. The van der Waals surface area contributed by atoms with Crippen molar-refractivity contribution < 1.29 is 14.6 Å². The van der Waals surface area contributed by atoms with Crippen LogP contribution in [0.25, 0.3) is 0 Å². The SMILES string of the molecule is C[Si](C)(C)CC[C@H]1NC(=O)O[C@@H]1CO. The van der Waals surface area contributed by atoms with E-state index in [4.69, 9.17) is 9.84 Å². The summed E-state index contributed by atoms with van der Waals surface area (Å²) >= 11 is 0. The number of aliphatic hydroxyl groups is 1. The Morgan fingerprint density at radius 2 is 2.14 bits per heavy atom. The average molecular weight is 217 g/mol. The second-order valence-electron chi connectivity index (χ2n) is 4.98. The molecule has 1 aliphatic rings. The van der Waals surface area contributed by atoms with Gasteiger partial charge >= 0.3 is 6.09 Å². The van der Waals surface area contributed by atoms with Crippen LogP contribution in [0.2, 0.25) is 25.7 Å². The van der Waals surface area contributed by atoms with Crippen molar-refractivity contribution in [1.29, 1.82) is 0 Å². The number of amides is 1. The summed E-state index contributed by atoms with van der Waals surface area (Å²) in [5, 5.41) is 11.7. The minimum absolute atomic E-state index is 0.000718. The molecular formula is C9H19NO3Si. The summed E-state index contributed by atoms with van der Waals surface area (Å²) in [7, 11) is -1.08. The molecule has 2 N–H and O–H groups in total. The van der Waals surface area contributed by atoms with Gasteiger partial charge in [-0.15, -0.1) is 0 Å². The van der Waals surface area contributed by atoms with Crippen LogP contribution in [-0.4, -0.2) is 38.0 Å². The highest BCUT2D eigenvalue weighted by atomic mass is 28.3. The first-order valence-corrected chi connectivity index (χ1v) is 8.71. The van der Waals surface area contributed by atoms with Gasteiger partial charge < -0.3 is 15.2 Å². The van der Waals surface area contributed by atoms with Crippen LogP contribution in [0.1, 0.15) is 6.42 Å². The molecule has 82 valence electrons. The van der Waals surface area contributed by atoms with Gasteiger partial charge in [0.25, 0.3) is 0 Å². The Morgan fingerprint density at radius 3 is 2.64 bits per heavy atom. The molecule has 0 aromatic rings. The summed E-state index contributed by atoms with van der Waals surface area (Å²) in [6.07, 6.45) is 0.163. The standard InChI is InChI=1S/C9H19NO3Si/c1-14(2,3)5-4-7-8(6-11)13-9(12)10-7/h7-8,11H,4-6H2,1-3H3,(H,10,12)/t7-,8-/m1/s1. The Morgan fingerprint density at radius 1 is 1.50 bits per heavy atom. The second-order valence-corrected chi connectivity index (χ2v) is 10.6. The van der Waals surface area contributed by atoms with E-state index in [1.165, 1.54) is 0 Å². The summed E-state index contributed by atoms with van der Waals surface area (Å²) in [4.78, 5) is 10.9. The van der Waals surface area contributed by atoms with Crippen LogP contribution in [0.3, 0.4) is 0 Å². The van der Waals surface area contributed by atoms with Crippen LogP contribution in [0.5, 0.6) is 0 Å². The van der Waals surface area contributed by atoms with Crippen LogP contribution in [0.15, 0.2) is 0 Å². The molecule has 0 bridgehead atoms. The summed E-state index contributed by atoms with van der Waals surface area (Å²) in [5.41, 5.74) is 0. The fourth-order valence-corrected chi connectivity index (χ4v) is 2.69. The number of nitrogens with one attached hydrogen (secondary N) is 1. The van der Waals surface area contributed by atoms with E-state index in [9.17, 15) is 4.79 Å². The highest BCUT2D eigenvalue weighted by Crippen LogP contribution is 2.18. The van der Waals surface area contributed by atoms with Gasteiger partial charge in [0.1, 0.15) is 6.10 Å². The van der Waals surface area contributed by atoms with Crippen LogP contribution < -0.4 is 5.32 Å². The molecule has 0 spiro atoms. The van der Waals surface area contributed by atoms with E-state index in [-0.39, 0.29) is 18.8 Å². The van der Waals surface area contributed by atoms with Gasteiger partial charge in [-0.25, -0.2) is 4.79 Å². The first-order valence-electron chi connectivity index (χ1n) is 5.00. The van der Waals surface area contributed by atoms with Crippen molar-refractivity contribution in [3.8, 4) is 0 Å². The Hall–Kier alpha value is -0.553. The molecule has 5 heteroatoms. The fraction of sp³-hybridized carbons (Fsp3) is 0.889. The zero-order valence-corrected chi connectivity index (χ0v) is 10.0. The predicted molar refractivity (Wildman–Crippen MR) is 57.0 cm³/mol. The topological polar surface area (TPSA) is 58.6 Å². The van der Waals surface area contributed by atoms with Crippen molar-refractivity contribution in [3.63, 3.8) is 0 Å². The highest BCUT2D eigenvalue weighted by Gasteiger charge is 2.33. The highest BCUT2D eigenvalue weighted by molar-refractivity contribution is 6.76. The molecule has 0 radical (unpaired) electrons. The molecule has 14 heavy (non-hydrogen) atoms. The van der Waals surface area contributed by atoms with Crippen LogP contribution >= 0.6 is 0 Å². The van der Waals surface area contributed by atoms with Gasteiger partial charge in [-0.2, -0.15) is 0 Å². The predicted octanol–water partition coefficient (Wildman–Crippen LogP) is 1.18. The fourth-order valence-electron chi connectivity index (χ4n) is 1.51. The van der Waals surface area contributed by atoms with E-state index in [0.717, 1.165) is 12.5 Å². The van der Waals surface area contributed by atoms with E-state index in [1.54, 1.807) is 0 Å². The Balaban J connectivity index is 2.40. The smallest absolute Gasteiger partial charge is 0.407 e. The van der Waals surface area contributed by atoms with Gasteiger partial charge in [-0.3, -0.25) is 0 Å². The maximum absolute atomic E-state index is 10.9. The normalized spacial score (nSPS) is 27.3. The summed E-state index contributed by atoms with van der Waals surface area (Å²) in [6, 6.07) is 1.14. The number of hydrogen-bond acceptors (Lipinski definition) is 3. The maximum atomic E-state index is 10.9. The first-order chi connectivity index (χ1) is 6.42. The third-order valence-electron chi connectivity index (χ3n) is 2.40. The van der Waals surface area contributed by atoms with E-state index in [2.05, 4.69) is 25.0 Å². The number of carbonyl (C=O) groups excluding carboxylic acids is 1. The third kappa shape index (κ3) is 3.30. The van der Waals surface area contributed by atoms with E-state index in [1.807, 2.05) is 0 Å². The molecule has 0 aliphatic carbocycles. The number of ether oxygens (including phenoxy) is 1. The maximum Gasteiger partial charge on any atom is 0.407 e. The molecule has 2 atom stereocenters. The van der Waals surface area contributed by atoms with Gasteiger partial charge in [0.15, 0.2) is 0 Å². The molecule has 0 aromatic heterocycles. The van der Waals surface area contributed by atoms with Gasteiger partial charge in [0.2, 0.25) is 0 Å². The molecule has 1 saturated heterocycles. The first kappa shape index (κ1) is 11.5. The number of aliphatic hydroxyl groups excluding tert-OH is 1. The number of carbonyl (C=O) groups is 1. The van der Waals surface area contributed by atoms with Gasteiger partial charge in [-0.1, -0.05) is 25.7 Å². The molecule has 4 nitrogen and oxygen atoms in total. The lowest BCUT2D eigenvalue weighted by atomic mass is 10.1. The zero-order chi connectivity index (χ0) is 10.8. The zero-order valence-electron chi connectivity index (χ0n) is 9.04. The van der Waals surface area contributed by atoms with Crippen LogP contribution in [0.4, 0.5) is 4.79 Å². The number of cyclic esters (lactones) is 1. The second kappa shape index (κ2) is 4.31. The summed E-state index contributed by atoms with van der Waals surface area (Å²) in [6.45, 7) is 6.78. The van der Waals surface area contributed by atoms with Gasteiger partial charge in [0.05, 0.1) is 12.6 Å². The van der Waals surface area contributed by atoms with Crippen molar-refractivity contribution in [2.24, 2.45) is 0 Å². The minimum atomic E-state index is -1.08. The Bertz CT molecular complexity index is 215. The molecule has 1 fully saturated rings. The molecule has 1 aliphatic heterocycles. The lowest BCUT2D eigenvalue weighted by Crippen LogP contribution is -2.35. The van der Waals surface area contributed by atoms with E-state index < -0.39 is 14.2 Å². The molecule has 1 heterocycles. The van der Waals surface area contributed by atoms with Crippen molar-refractivity contribution in [2.45, 2.75) is 44.3 Å². The average Bonchev–Trinajstić information content (AvgIpc) is 2.41. The summed E-state index contributed by atoms with van der Waals surface area (Å²) in [5.74, 6) is 0. The number of rotatable bonds is 4. The molecule has 0 saturated carbocycles. The van der Waals surface area contributed by atoms with Crippen molar-refractivity contribution in [2.75, 3.05) is 6.61 Å². The molecular weight excluding hydrogens is 198 g/mol.